The summed E-state index contributed by atoms with van der Waals surface area (Å²) < 4.78 is 2.59. The van der Waals surface area contributed by atoms with Gasteiger partial charge in [-0.15, -0.1) is 0 Å². The largest absolute Gasteiger partial charge is 0.322 e. The van der Waals surface area contributed by atoms with Crippen molar-refractivity contribution in [3.05, 3.63) is 112 Å². The van der Waals surface area contributed by atoms with E-state index in [1.165, 1.54) is 0 Å². The van der Waals surface area contributed by atoms with Crippen molar-refractivity contribution in [2.45, 2.75) is 52.0 Å². The monoisotopic (exact) mass is 610 g/mol. The standard InChI is InChI=1S/C34H35BrN4O2/c1-3-5-6-11-23-38(34(41)37-29-18-12-14-24-13-7-8-15-27(24)29)31(4-2)32-36-30-17-10-9-16-28(30)33(40)39(32)26-21-19-25(35)20-22-26/h7-10,12-22,31H,3-6,11,23H2,1-2H3,(H,37,41). The van der Waals surface area contributed by atoms with Gasteiger partial charge < -0.3 is 10.2 Å². The van der Waals surface area contributed by atoms with E-state index in [-0.39, 0.29) is 11.6 Å². The number of unbranched alkanes of at least 4 members (excludes halogenated alkanes) is 3. The summed E-state index contributed by atoms with van der Waals surface area (Å²) in [7, 11) is 0. The van der Waals surface area contributed by atoms with E-state index >= 15 is 0 Å². The number of benzene rings is 4. The van der Waals surface area contributed by atoms with Crippen molar-refractivity contribution in [1.29, 1.82) is 0 Å². The van der Waals surface area contributed by atoms with Crippen molar-refractivity contribution in [2.75, 3.05) is 11.9 Å². The SMILES string of the molecule is CCCCCCN(C(=O)Nc1cccc2ccccc12)C(CC)c1nc2ccccc2c(=O)n1-c1ccc(Br)cc1. The minimum Gasteiger partial charge on any atom is -0.314 e. The van der Waals surface area contributed by atoms with E-state index in [2.05, 4.69) is 28.2 Å². The normalized spacial score (nSPS) is 12.0. The molecule has 1 atom stereocenters. The highest BCUT2D eigenvalue weighted by molar-refractivity contribution is 9.10. The molecule has 7 heteroatoms. The van der Waals surface area contributed by atoms with Gasteiger partial charge in [0.05, 0.1) is 28.3 Å². The molecule has 0 bridgehead atoms. The number of para-hydroxylation sites is 1. The van der Waals surface area contributed by atoms with E-state index in [0.717, 1.165) is 46.6 Å². The highest BCUT2D eigenvalue weighted by atomic mass is 79.9. The molecule has 0 aliphatic heterocycles. The maximum Gasteiger partial charge on any atom is 0.322 e. The van der Waals surface area contributed by atoms with Gasteiger partial charge in [-0.3, -0.25) is 9.36 Å². The van der Waals surface area contributed by atoms with Gasteiger partial charge in [-0.2, -0.15) is 0 Å². The second kappa shape index (κ2) is 13.1. The fraction of sp³-hybridized carbons (Fsp3) is 0.265. The molecule has 41 heavy (non-hydrogen) atoms. The van der Waals surface area contributed by atoms with Crippen LogP contribution in [0.25, 0.3) is 27.4 Å². The van der Waals surface area contributed by atoms with Crippen LogP contribution in [-0.2, 0) is 0 Å². The molecule has 0 radical (unpaired) electrons. The molecular formula is C34H35BrN4O2. The van der Waals surface area contributed by atoms with Crippen molar-refractivity contribution in [3.63, 3.8) is 0 Å². The number of carbonyl (C=O) groups excluding carboxylic acids is 1. The van der Waals surface area contributed by atoms with Gasteiger partial charge in [-0.25, -0.2) is 9.78 Å². The van der Waals surface area contributed by atoms with Gasteiger partial charge in [0.1, 0.15) is 5.82 Å². The molecule has 0 saturated heterocycles. The third kappa shape index (κ3) is 6.20. The van der Waals surface area contributed by atoms with Crippen LogP contribution in [0.3, 0.4) is 0 Å². The Balaban J connectivity index is 1.62. The summed E-state index contributed by atoms with van der Waals surface area (Å²) in [5.74, 6) is 0.557. The lowest BCUT2D eigenvalue weighted by atomic mass is 10.1. The summed E-state index contributed by atoms with van der Waals surface area (Å²) in [5.41, 5.74) is 1.95. The number of anilines is 1. The molecular weight excluding hydrogens is 576 g/mol. The predicted molar refractivity (Wildman–Crippen MR) is 172 cm³/mol. The molecule has 2 amide bonds. The molecule has 4 aromatic carbocycles. The number of aromatic nitrogens is 2. The van der Waals surface area contributed by atoms with E-state index in [4.69, 9.17) is 4.98 Å². The topological polar surface area (TPSA) is 67.2 Å². The zero-order chi connectivity index (χ0) is 28.8. The van der Waals surface area contributed by atoms with Crippen molar-refractivity contribution < 1.29 is 4.79 Å². The number of nitrogens with zero attached hydrogens (tertiary/aromatic N) is 3. The van der Waals surface area contributed by atoms with Gasteiger partial charge in [-0.05, 0) is 60.7 Å². The molecule has 1 unspecified atom stereocenters. The average Bonchev–Trinajstić information content (AvgIpc) is 2.99. The molecule has 1 heterocycles. The summed E-state index contributed by atoms with van der Waals surface area (Å²) in [6.07, 6.45) is 4.69. The second-order valence-corrected chi connectivity index (χ2v) is 11.2. The van der Waals surface area contributed by atoms with Crippen LogP contribution >= 0.6 is 15.9 Å². The molecule has 0 aliphatic carbocycles. The average molecular weight is 612 g/mol. The fourth-order valence-corrected chi connectivity index (χ4v) is 5.65. The van der Waals surface area contributed by atoms with Gasteiger partial charge in [0.15, 0.2) is 0 Å². The van der Waals surface area contributed by atoms with Crippen LogP contribution in [0.2, 0.25) is 0 Å². The first-order valence-corrected chi connectivity index (χ1v) is 15.1. The Kier molecular flexibility index (Phi) is 9.14. The van der Waals surface area contributed by atoms with Gasteiger partial charge in [0.2, 0.25) is 0 Å². The quantitative estimate of drug-likeness (QED) is 0.161. The lowest BCUT2D eigenvalue weighted by Gasteiger charge is -2.32. The van der Waals surface area contributed by atoms with Crippen molar-refractivity contribution in [3.8, 4) is 5.69 Å². The highest BCUT2D eigenvalue weighted by Crippen LogP contribution is 2.29. The van der Waals surface area contributed by atoms with Crippen LogP contribution in [0, 0.1) is 0 Å². The Morgan fingerprint density at radius 2 is 1.59 bits per heavy atom. The van der Waals surface area contributed by atoms with Gasteiger partial charge in [0.25, 0.3) is 5.56 Å². The zero-order valence-electron chi connectivity index (χ0n) is 23.5. The summed E-state index contributed by atoms with van der Waals surface area (Å²) in [6.45, 7) is 4.77. The van der Waals surface area contributed by atoms with Crippen molar-refractivity contribution >= 4 is 49.3 Å². The second-order valence-electron chi connectivity index (χ2n) is 10.2. The Labute approximate surface area is 249 Å². The summed E-state index contributed by atoms with van der Waals surface area (Å²) in [5, 5.41) is 5.79. The predicted octanol–water partition coefficient (Wildman–Crippen LogP) is 8.87. The van der Waals surface area contributed by atoms with Crippen LogP contribution in [-0.4, -0.2) is 27.0 Å². The Morgan fingerprint density at radius 1 is 0.878 bits per heavy atom. The first-order valence-electron chi connectivity index (χ1n) is 14.3. The molecule has 5 rings (SSSR count). The van der Waals surface area contributed by atoms with Crippen LogP contribution < -0.4 is 10.9 Å². The Bertz CT molecular complexity index is 1710. The molecule has 0 saturated carbocycles. The maximum absolute atomic E-state index is 14.1. The summed E-state index contributed by atoms with van der Waals surface area (Å²) >= 11 is 3.51. The number of hydrogen-bond donors (Lipinski definition) is 1. The highest BCUT2D eigenvalue weighted by Gasteiger charge is 2.29. The fourth-order valence-electron chi connectivity index (χ4n) is 5.38. The van der Waals surface area contributed by atoms with Gasteiger partial charge in [-0.1, -0.05) is 97.6 Å². The van der Waals surface area contributed by atoms with E-state index in [9.17, 15) is 9.59 Å². The van der Waals surface area contributed by atoms with Crippen LogP contribution in [0.15, 0.2) is 100 Å². The number of rotatable bonds is 10. The summed E-state index contributed by atoms with van der Waals surface area (Å²) in [4.78, 5) is 35.0. The number of carbonyl (C=O) groups is 1. The third-order valence-corrected chi connectivity index (χ3v) is 8.02. The van der Waals surface area contributed by atoms with E-state index < -0.39 is 6.04 Å². The Morgan fingerprint density at radius 3 is 2.34 bits per heavy atom. The zero-order valence-corrected chi connectivity index (χ0v) is 25.1. The van der Waals surface area contributed by atoms with Gasteiger partial charge >= 0.3 is 6.03 Å². The molecule has 0 aliphatic rings. The molecule has 0 fully saturated rings. The smallest absolute Gasteiger partial charge is 0.314 e. The van der Waals surface area contributed by atoms with E-state index in [1.807, 2.05) is 96.8 Å². The Hall–Kier alpha value is -3.97. The lowest BCUT2D eigenvalue weighted by molar-refractivity contribution is 0.179. The van der Waals surface area contributed by atoms with Crippen LogP contribution in [0.1, 0.15) is 57.8 Å². The van der Waals surface area contributed by atoms with Crippen molar-refractivity contribution in [1.82, 2.24) is 14.5 Å². The third-order valence-electron chi connectivity index (χ3n) is 7.49. The van der Waals surface area contributed by atoms with E-state index in [1.54, 1.807) is 10.6 Å². The van der Waals surface area contributed by atoms with Crippen LogP contribution in [0.5, 0.6) is 0 Å². The van der Waals surface area contributed by atoms with E-state index in [0.29, 0.717) is 35.4 Å². The number of urea groups is 1. The number of amides is 2. The maximum atomic E-state index is 14.1. The summed E-state index contributed by atoms with van der Waals surface area (Å²) in [6, 6.07) is 28.4. The molecule has 210 valence electrons. The van der Waals surface area contributed by atoms with Gasteiger partial charge in [0, 0.05) is 16.4 Å². The number of fused-ring (bicyclic) bond motifs is 2. The molecule has 6 nitrogen and oxygen atoms in total. The minimum absolute atomic E-state index is 0.147. The first-order chi connectivity index (χ1) is 20.0. The number of nitrogens with one attached hydrogen (secondary N) is 1. The van der Waals surface area contributed by atoms with Crippen LogP contribution in [0.4, 0.5) is 10.5 Å². The molecule has 1 aromatic heterocycles. The molecule has 5 aromatic rings. The number of halogens is 1. The molecule has 1 N–H and O–H groups in total. The van der Waals surface area contributed by atoms with Crippen molar-refractivity contribution in [2.24, 2.45) is 0 Å². The number of hydrogen-bond acceptors (Lipinski definition) is 3. The molecule has 0 spiro atoms. The lowest BCUT2D eigenvalue weighted by Crippen LogP contribution is -2.41. The first kappa shape index (κ1) is 28.6. The minimum atomic E-state index is -0.424.